The van der Waals surface area contributed by atoms with Crippen molar-refractivity contribution in [2.24, 2.45) is 5.92 Å². The smallest absolute Gasteiger partial charge is 0.358 e. The van der Waals surface area contributed by atoms with Crippen LogP contribution in [0.5, 0.6) is 0 Å². The van der Waals surface area contributed by atoms with Crippen molar-refractivity contribution >= 4 is 11.8 Å². The molecule has 0 aromatic carbocycles. The highest BCUT2D eigenvalue weighted by atomic mass is 16.4. The average Bonchev–Trinajstić information content (AvgIpc) is 3.12. The summed E-state index contributed by atoms with van der Waals surface area (Å²) in [4.78, 5) is 20.8. The monoisotopic (exact) mass is 231 g/mol. The molecular weight excluding hydrogens is 218 g/mol. The molecule has 1 fully saturated rings. The minimum absolute atomic E-state index is 0.0385. The molecular formula is C12H13N3O2. The molecule has 2 rings (SSSR count). The van der Waals surface area contributed by atoms with E-state index in [4.69, 9.17) is 11.5 Å². The maximum absolute atomic E-state index is 11.1. The highest BCUT2D eigenvalue weighted by Crippen LogP contribution is 2.31. The summed E-state index contributed by atoms with van der Waals surface area (Å²) in [5, 5.41) is 9.05. The van der Waals surface area contributed by atoms with Gasteiger partial charge in [-0.1, -0.05) is 5.92 Å². The quantitative estimate of drug-likeness (QED) is 0.766. The highest BCUT2D eigenvalue weighted by molar-refractivity contribution is 5.90. The lowest BCUT2D eigenvalue weighted by molar-refractivity contribution is 0.0690. The topological polar surface area (TPSA) is 66.3 Å². The van der Waals surface area contributed by atoms with E-state index in [0.29, 0.717) is 18.3 Å². The highest BCUT2D eigenvalue weighted by Gasteiger charge is 2.27. The van der Waals surface area contributed by atoms with Crippen LogP contribution >= 0.6 is 0 Å². The molecule has 5 heteroatoms. The normalized spacial score (nSPS) is 14.1. The SMILES string of the molecule is C#CCN(CC1CC1)c1nccnc1C(=O)O. The molecule has 1 aliphatic rings. The van der Waals surface area contributed by atoms with Gasteiger partial charge in [-0.25, -0.2) is 14.8 Å². The molecule has 1 N–H and O–H groups in total. The van der Waals surface area contributed by atoms with E-state index in [-0.39, 0.29) is 5.69 Å². The van der Waals surface area contributed by atoms with Crippen molar-refractivity contribution < 1.29 is 9.90 Å². The molecule has 5 nitrogen and oxygen atoms in total. The Morgan fingerprint density at radius 1 is 1.53 bits per heavy atom. The van der Waals surface area contributed by atoms with Gasteiger partial charge in [-0.05, 0) is 18.8 Å². The summed E-state index contributed by atoms with van der Waals surface area (Å²) in [7, 11) is 0. The molecule has 1 saturated carbocycles. The van der Waals surface area contributed by atoms with Crippen molar-refractivity contribution in [3.63, 3.8) is 0 Å². The third-order valence-corrected chi connectivity index (χ3v) is 2.64. The van der Waals surface area contributed by atoms with Crippen LogP contribution in [0.25, 0.3) is 0 Å². The van der Waals surface area contributed by atoms with Gasteiger partial charge in [0.1, 0.15) is 0 Å². The summed E-state index contributed by atoms with van der Waals surface area (Å²) in [6.45, 7) is 1.11. The van der Waals surface area contributed by atoms with Gasteiger partial charge >= 0.3 is 5.97 Å². The number of carbonyl (C=O) groups is 1. The first-order chi connectivity index (χ1) is 8.22. The summed E-state index contributed by atoms with van der Waals surface area (Å²) in [5.74, 6) is 2.42. The fraction of sp³-hybridized carbons (Fsp3) is 0.417. The first-order valence-corrected chi connectivity index (χ1v) is 5.45. The summed E-state index contributed by atoms with van der Waals surface area (Å²) in [6.07, 6.45) is 10.5. The van der Waals surface area contributed by atoms with E-state index in [0.717, 1.165) is 6.54 Å². The lowest BCUT2D eigenvalue weighted by Gasteiger charge is -2.21. The summed E-state index contributed by atoms with van der Waals surface area (Å²) >= 11 is 0. The molecule has 0 radical (unpaired) electrons. The fourth-order valence-corrected chi connectivity index (χ4v) is 1.66. The molecule has 1 heterocycles. The van der Waals surface area contributed by atoms with Gasteiger partial charge in [-0.3, -0.25) is 0 Å². The Labute approximate surface area is 99.5 Å². The molecule has 0 saturated heterocycles. The van der Waals surface area contributed by atoms with Gasteiger partial charge in [-0.15, -0.1) is 6.42 Å². The second kappa shape index (κ2) is 4.83. The standard InChI is InChI=1S/C12H13N3O2/c1-2-7-15(8-9-3-4-9)11-10(12(16)17)13-5-6-14-11/h1,5-6,9H,3-4,7-8H2,(H,16,17). The Hall–Kier alpha value is -2.09. The van der Waals surface area contributed by atoms with Crippen molar-refractivity contribution in [2.75, 3.05) is 18.0 Å². The second-order valence-corrected chi connectivity index (χ2v) is 4.06. The van der Waals surface area contributed by atoms with E-state index >= 15 is 0 Å². The summed E-state index contributed by atoms with van der Waals surface area (Å²) in [5.41, 5.74) is -0.0385. The molecule has 0 aliphatic heterocycles. The van der Waals surface area contributed by atoms with E-state index in [2.05, 4.69) is 15.9 Å². The molecule has 0 spiro atoms. The molecule has 0 amide bonds. The number of rotatable bonds is 5. The number of aromatic nitrogens is 2. The number of terminal acetylenes is 1. The molecule has 1 aliphatic carbocycles. The zero-order valence-corrected chi connectivity index (χ0v) is 9.33. The van der Waals surface area contributed by atoms with E-state index < -0.39 is 5.97 Å². The first-order valence-electron chi connectivity index (χ1n) is 5.45. The van der Waals surface area contributed by atoms with Gasteiger partial charge in [-0.2, -0.15) is 0 Å². The molecule has 17 heavy (non-hydrogen) atoms. The fourth-order valence-electron chi connectivity index (χ4n) is 1.66. The molecule has 1 aromatic heterocycles. The van der Waals surface area contributed by atoms with Gasteiger partial charge in [0.15, 0.2) is 11.5 Å². The minimum atomic E-state index is -1.08. The third-order valence-electron chi connectivity index (χ3n) is 2.64. The Bertz CT molecular complexity index is 463. The number of hydrogen-bond acceptors (Lipinski definition) is 4. The maximum atomic E-state index is 11.1. The van der Waals surface area contributed by atoms with E-state index in [1.54, 1.807) is 0 Å². The van der Waals surface area contributed by atoms with Crippen molar-refractivity contribution in [3.8, 4) is 12.3 Å². The van der Waals surface area contributed by atoms with Crippen LogP contribution in [0.15, 0.2) is 12.4 Å². The van der Waals surface area contributed by atoms with Crippen LogP contribution in [0.3, 0.4) is 0 Å². The molecule has 0 atom stereocenters. The largest absolute Gasteiger partial charge is 0.476 e. The summed E-state index contributed by atoms with van der Waals surface area (Å²) in [6, 6.07) is 0. The van der Waals surface area contributed by atoms with Gasteiger partial charge < -0.3 is 10.0 Å². The third kappa shape index (κ3) is 2.72. The predicted octanol–water partition coefficient (Wildman–Crippen LogP) is 1.02. The van der Waals surface area contributed by atoms with Gasteiger partial charge in [0.25, 0.3) is 0 Å². The Morgan fingerprint density at radius 2 is 2.24 bits per heavy atom. The second-order valence-electron chi connectivity index (χ2n) is 4.06. The Balaban J connectivity index is 2.27. The van der Waals surface area contributed by atoms with Gasteiger partial charge in [0.2, 0.25) is 0 Å². The molecule has 1 aromatic rings. The molecule has 0 unspecified atom stereocenters. The number of hydrogen-bond donors (Lipinski definition) is 1. The van der Waals surface area contributed by atoms with Crippen LogP contribution in [0.4, 0.5) is 5.82 Å². The average molecular weight is 231 g/mol. The maximum Gasteiger partial charge on any atom is 0.358 e. The van der Waals surface area contributed by atoms with Crippen LogP contribution < -0.4 is 4.90 Å². The van der Waals surface area contributed by atoms with Crippen LogP contribution in [0, 0.1) is 18.3 Å². The van der Waals surface area contributed by atoms with Crippen molar-refractivity contribution in [1.29, 1.82) is 0 Å². The zero-order chi connectivity index (χ0) is 12.3. The summed E-state index contributed by atoms with van der Waals surface area (Å²) < 4.78 is 0. The van der Waals surface area contributed by atoms with Crippen molar-refractivity contribution in [1.82, 2.24) is 9.97 Å². The van der Waals surface area contributed by atoms with Crippen molar-refractivity contribution in [3.05, 3.63) is 18.1 Å². The van der Waals surface area contributed by atoms with Crippen LogP contribution in [-0.2, 0) is 0 Å². The van der Waals surface area contributed by atoms with Crippen molar-refractivity contribution in [2.45, 2.75) is 12.8 Å². The number of carboxylic acid groups (broad SMARTS) is 1. The molecule has 88 valence electrons. The lowest BCUT2D eigenvalue weighted by Crippen LogP contribution is -2.29. The Morgan fingerprint density at radius 3 is 2.82 bits per heavy atom. The van der Waals surface area contributed by atoms with Gasteiger partial charge in [0, 0.05) is 18.9 Å². The van der Waals surface area contributed by atoms with Crippen LogP contribution in [0.1, 0.15) is 23.3 Å². The van der Waals surface area contributed by atoms with E-state index in [1.807, 2.05) is 4.90 Å². The zero-order valence-electron chi connectivity index (χ0n) is 9.33. The van der Waals surface area contributed by atoms with Crippen LogP contribution in [-0.4, -0.2) is 34.1 Å². The number of nitrogens with zero attached hydrogens (tertiary/aromatic N) is 3. The number of carboxylic acids is 1. The Kier molecular flexibility index (Phi) is 3.24. The number of anilines is 1. The van der Waals surface area contributed by atoms with E-state index in [1.165, 1.54) is 25.2 Å². The first kappa shape index (κ1) is 11.4. The minimum Gasteiger partial charge on any atom is -0.476 e. The van der Waals surface area contributed by atoms with E-state index in [9.17, 15) is 4.79 Å². The predicted molar refractivity (Wildman–Crippen MR) is 62.8 cm³/mol. The lowest BCUT2D eigenvalue weighted by atomic mass is 10.3. The van der Waals surface area contributed by atoms with Crippen LogP contribution in [0.2, 0.25) is 0 Å². The van der Waals surface area contributed by atoms with Gasteiger partial charge in [0.05, 0.1) is 6.54 Å². The number of aromatic carboxylic acids is 1. The molecule has 0 bridgehead atoms.